The molecule has 5 nitrogen and oxygen atoms in total. The normalized spacial score (nSPS) is 17.8. The first-order valence-corrected chi connectivity index (χ1v) is 3.50. The van der Waals surface area contributed by atoms with E-state index in [1.165, 1.54) is 0 Å². The van der Waals surface area contributed by atoms with Crippen LogP contribution in [0.15, 0.2) is 11.3 Å². The third-order valence-corrected chi connectivity index (χ3v) is 1.64. The molecule has 0 aromatic carbocycles. The number of hydrogen-bond acceptors (Lipinski definition) is 5. The van der Waals surface area contributed by atoms with Crippen molar-refractivity contribution in [1.29, 1.82) is 0 Å². The van der Waals surface area contributed by atoms with Gasteiger partial charge in [0.25, 0.3) is 0 Å². The molecule has 0 bridgehead atoms. The van der Waals surface area contributed by atoms with E-state index in [9.17, 15) is 4.79 Å². The highest BCUT2D eigenvalue weighted by atomic mass is 16.6. The number of likely N-dealkylation sites (N-methyl/N-ethyl adjacent to an activating group) is 1. The molecule has 0 aliphatic rings. The predicted molar refractivity (Wildman–Crippen MR) is 45.7 cm³/mol. The van der Waals surface area contributed by atoms with Gasteiger partial charge in [-0.3, -0.25) is 10.1 Å². The Hall–Kier alpha value is -0.910. The van der Waals surface area contributed by atoms with Crippen LogP contribution in [0.3, 0.4) is 0 Å². The maximum Gasteiger partial charge on any atom is 0.164 e. The number of carbonyl (C=O) groups is 1. The number of allylic oxidation sites excluding steroid dienone is 1. The van der Waals surface area contributed by atoms with Crippen molar-refractivity contribution in [2.75, 3.05) is 7.05 Å². The molecule has 0 rings (SSSR count). The Morgan fingerprint density at radius 3 is 2.42 bits per heavy atom. The smallest absolute Gasteiger partial charge is 0.164 e. The van der Waals surface area contributed by atoms with Gasteiger partial charge in [-0.05, 0) is 20.9 Å². The van der Waals surface area contributed by atoms with Crippen LogP contribution in [0.5, 0.6) is 0 Å². The van der Waals surface area contributed by atoms with E-state index >= 15 is 0 Å². The van der Waals surface area contributed by atoms with Crippen molar-refractivity contribution >= 4 is 6.29 Å². The number of nitrogens with two attached hydrogens (primary N) is 2. The van der Waals surface area contributed by atoms with Crippen molar-refractivity contribution in [3.8, 4) is 0 Å². The molecule has 5 N–H and O–H groups in total. The van der Waals surface area contributed by atoms with Crippen LogP contribution in [0.4, 0.5) is 0 Å². The maximum absolute atomic E-state index is 10.4. The van der Waals surface area contributed by atoms with Gasteiger partial charge in [0.15, 0.2) is 5.76 Å². The van der Waals surface area contributed by atoms with Crippen LogP contribution in [0.25, 0.3) is 0 Å². The van der Waals surface area contributed by atoms with Gasteiger partial charge in [0, 0.05) is 5.57 Å². The Kier molecular flexibility index (Phi) is 3.88. The van der Waals surface area contributed by atoms with Gasteiger partial charge >= 0.3 is 0 Å². The summed E-state index contributed by atoms with van der Waals surface area (Å²) in [6.45, 7) is 3.24. The van der Waals surface area contributed by atoms with Gasteiger partial charge in [-0.1, -0.05) is 0 Å². The molecule has 5 heteroatoms. The summed E-state index contributed by atoms with van der Waals surface area (Å²) >= 11 is 0. The van der Waals surface area contributed by atoms with Gasteiger partial charge in [0.1, 0.15) is 11.9 Å². The minimum atomic E-state index is -0.917. The molecule has 0 aromatic heterocycles. The third-order valence-electron chi connectivity index (χ3n) is 1.64. The van der Waals surface area contributed by atoms with Crippen LogP contribution >= 0.6 is 0 Å². The van der Waals surface area contributed by atoms with Crippen LogP contribution in [-0.4, -0.2) is 19.0 Å². The summed E-state index contributed by atoms with van der Waals surface area (Å²) in [5.41, 5.74) is 5.17. The van der Waals surface area contributed by atoms with Gasteiger partial charge in [0.05, 0.1) is 0 Å². The predicted octanol–water partition coefficient (Wildman–Crippen LogP) is -0.756. The quantitative estimate of drug-likeness (QED) is 0.171. The van der Waals surface area contributed by atoms with E-state index < -0.39 is 5.66 Å². The third kappa shape index (κ3) is 2.30. The Morgan fingerprint density at radius 1 is 1.67 bits per heavy atom. The Bertz CT molecular complexity index is 199. The highest BCUT2D eigenvalue weighted by molar-refractivity contribution is 5.73. The molecule has 0 radical (unpaired) electrons. The summed E-state index contributed by atoms with van der Waals surface area (Å²) in [5, 5.41) is 2.76. The topological polar surface area (TPSA) is 90.4 Å². The molecule has 1 atom stereocenters. The minimum Gasteiger partial charge on any atom is -0.412 e. The number of carbonyl (C=O) groups excluding carboxylic acids is 1. The molecule has 0 saturated heterocycles. The SMILES string of the molecule is CNC(C)(N)/C(ON)=C(/C)C=O. The molecule has 12 heavy (non-hydrogen) atoms. The number of nitrogens with one attached hydrogen (secondary N) is 1. The molecule has 1 unspecified atom stereocenters. The summed E-state index contributed by atoms with van der Waals surface area (Å²) in [4.78, 5) is 14.9. The van der Waals surface area contributed by atoms with Gasteiger partial charge < -0.3 is 10.6 Å². The molecule has 0 aromatic rings. The first-order chi connectivity index (χ1) is 5.49. The van der Waals surface area contributed by atoms with Crippen molar-refractivity contribution in [1.82, 2.24) is 5.32 Å². The fourth-order valence-corrected chi connectivity index (χ4v) is 0.792. The summed E-state index contributed by atoms with van der Waals surface area (Å²) in [7, 11) is 1.65. The van der Waals surface area contributed by atoms with E-state index in [1.54, 1.807) is 20.9 Å². The lowest BCUT2D eigenvalue weighted by molar-refractivity contribution is -0.105. The molecular weight excluding hydrogens is 158 g/mol. The van der Waals surface area contributed by atoms with Crippen molar-refractivity contribution in [2.24, 2.45) is 11.6 Å². The van der Waals surface area contributed by atoms with Gasteiger partial charge in [-0.15, -0.1) is 0 Å². The van der Waals surface area contributed by atoms with Crippen LogP contribution in [0.2, 0.25) is 0 Å². The number of rotatable bonds is 4. The maximum atomic E-state index is 10.4. The zero-order chi connectivity index (χ0) is 9.78. The largest absolute Gasteiger partial charge is 0.412 e. The fraction of sp³-hybridized carbons (Fsp3) is 0.571. The highest BCUT2D eigenvalue weighted by Crippen LogP contribution is 2.12. The zero-order valence-electron chi connectivity index (χ0n) is 7.55. The van der Waals surface area contributed by atoms with Crippen molar-refractivity contribution < 1.29 is 9.63 Å². The summed E-state index contributed by atoms with van der Waals surface area (Å²) in [6, 6.07) is 0. The second-order valence-electron chi connectivity index (χ2n) is 2.70. The van der Waals surface area contributed by atoms with Crippen LogP contribution in [0, 0.1) is 0 Å². The Labute approximate surface area is 71.7 Å². The lowest BCUT2D eigenvalue weighted by atomic mass is 10.1. The first kappa shape index (κ1) is 11.1. The van der Waals surface area contributed by atoms with Gasteiger partial charge in [0.2, 0.25) is 0 Å². The Morgan fingerprint density at radius 2 is 2.17 bits per heavy atom. The Balaban J connectivity index is 4.90. The first-order valence-electron chi connectivity index (χ1n) is 3.50. The molecule has 0 fully saturated rings. The van der Waals surface area contributed by atoms with E-state index in [-0.39, 0.29) is 5.76 Å². The summed E-state index contributed by atoms with van der Waals surface area (Å²) in [5.74, 6) is 5.21. The van der Waals surface area contributed by atoms with Crippen LogP contribution in [-0.2, 0) is 9.63 Å². The van der Waals surface area contributed by atoms with Crippen LogP contribution < -0.4 is 16.9 Å². The molecule has 0 aliphatic heterocycles. The van der Waals surface area contributed by atoms with Gasteiger partial charge in [-0.2, -0.15) is 5.90 Å². The van der Waals surface area contributed by atoms with Crippen molar-refractivity contribution in [3.63, 3.8) is 0 Å². The molecule has 0 heterocycles. The lowest BCUT2D eigenvalue weighted by Crippen LogP contribution is -2.52. The lowest BCUT2D eigenvalue weighted by Gasteiger charge is -2.25. The van der Waals surface area contributed by atoms with E-state index in [0.717, 1.165) is 0 Å². The van der Waals surface area contributed by atoms with E-state index in [2.05, 4.69) is 10.2 Å². The molecule has 70 valence electrons. The highest BCUT2D eigenvalue weighted by Gasteiger charge is 2.25. The average Bonchev–Trinajstić information content (AvgIpc) is 2.05. The second-order valence-corrected chi connectivity index (χ2v) is 2.70. The second kappa shape index (κ2) is 4.20. The van der Waals surface area contributed by atoms with Gasteiger partial charge in [-0.25, -0.2) is 0 Å². The van der Waals surface area contributed by atoms with Crippen molar-refractivity contribution in [2.45, 2.75) is 19.5 Å². The number of hydrogen-bond donors (Lipinski definition) is 3. The standard InChI is InChI=1S/C7H15N3O2/c1-5(4-11)6(12-9)7(2,8)10-3/h4,10H,8-9H2,1-3H3/b6-5+. The molecular formula is C7H15N3O2. The summed E-state index contributed by atoms with van der Waals surface area (Å²) in [6.07, 6.45) is 0.643. The van der Waals surface area contributed by atoms with E-state index in [4.69, 9.17) is 11.6 Å². The fourth-order valence-electron chi connectivity index (χ4n) is 0.792. The van der Waals surface area contributed by atoms with E-state index in [1.807, 2.05) is 0 Å². The molecule has 0 spiro atoms. The minimum absolute atomic E-state index is 0.236. The number of aldehydes is 1. The molecule has 0 saturated carbocycles. The monoisotopic (exact) mass is 173 g/mol. The van der Waals surface area contributed by atoms with E-state index in [0.29, 0.717) is 11.9 Å². The van der Waals surface area contributed by atoms with Crippen molar-refractivity contribution in [3.05, 3.63) is 11.3 Å². The average molecular weight is 173 g/mol. The summed E-state index contributed by atoms with van der Waals surface area (Å²) < 4.78 is 0. The zero-order valence-corrected chi connectivity index (χ0v) is 7.55. The molecule has 0 aliphatic carbocycles. The van der Waals surface area contributed by atoms with Crippen LogP contribution in [0.1, 0.15) is 13.8 Å². The molecule has 0 amide bonds.